The molecule has 0 saturated carbocycles. The maximum Gasteiger partial charge on any atom is 0.262 e. The van der Waals surface area contributed by atoms with Crippen LogP contribution in [0.1, 0.15) is 34.1 Å². The second-order valence-corrected chi connectivity index (χ2v) is 9.01. The lowest BCUT2D eigenvalue weighted by atomic mass is 10.0. The molecule has 0 aliphatic heterocycles. The topological polar surface area (TPSA) is 64.4 Å². The molecule has 0 fully saturated rings. The monoisotopic (exact) mass is 432 g/mol. The number of aromatic nitrogens is 2. The van der Waals surface area contributed by atoms with E-state index in [1.165, 1.54) is 9.44 Å². The highest BCUT2D eigenvalue weighted by Gasteiger charge is 2.22. The van der Waals surface area contributed by atoms with Gasteiger partial charge in [0, 0.05) is 4.88 Å². The molecular formula is C25H24N2O3S. The number of aryl methyl sites for hydroxylation is 2. The van der Waals surface area contributed by atoms with Gasteiger partial charge in [0.05, 0.1) is 31.0 Å². The number of aliphatic hydroxyl groups is 1. The highest BCUT2D eigenvalue weighted by molar-refractivity contribution is 7.18. The first kappa shape index (κ1) is 20.1. The zero-order chi connectivity index (χ0) is 21.2. The predicted molar refractivity (Wildman–Crippen MR) is 123 cm³/mol. The molecule has 1 aliphatic rings. The van der Waals surface area contributed by atoms with E-state index in [0.717, 1.165) is 46.2 Å². The van der Waals surface area contributed by atoms with Crippen molar-refractivity contribution in [2.75, 3.05) is 6.61 Å². The molecule has 31 heavy (non-hydrogen) atoms. The van der Waals surface area contributed by atoms with Gasteiger partial charge >= 0.3 is 0 Å². The van der Waals surface area contributed by atoms with Crippen molar-refractivity contribution in [1.29, 1.82) is 0 Å². The van der Waals surface area contributed by atoms with E-state index in [0.29, 0.717) is 0 Å². The second-order valence-electron chi connectivity index (χ2n) is 7.93. The van der Waals surface area contributed by atoms with Crippen LogP contribution in [0.15, 0.2) is 71.8 Å². The molecule has 0 bridgehead atoms. The van der Waals surface area contributed by atoms with E-state index in [4.69, 9.17) is 4.74 Å². The molecule has 1 aliphatic carbocycles. The van der Waals surface area contributed by atoms with Crippen LogP contribution in [0.25, 0.3) is 10.2 Å². The number of rotatable bonds is 7. The summed E-state index contributed by atoms with van der Waals surface area (Å²) in [7, 11) is 0. The quantitative estimate of drug-likeness (QED) is 0.477. The first-order valence-electron chi connectivity index (χ1n) is 10.6. The zero-order valence-corrected chi connectivity index (χ0v) is 17.9. The summed E-state index contributed by atoms with van der Waals surface area (Å²) in [5.41, 5.74) is 3.14. The van der Waals surface area contributed by atoms with Crippen LogP contribution in [0.4, 0.5) is 0 Å². The van der Waals surface area contributed by atoms with E-state index in [9.17, 15) is 9.90 Å². The molecule has 0 spiro atoms. The van der Waals surface area contributed by atoms with Gasteiger partial charge in [-0.1, -0.05) is 60.7 Å². The van der Waals surface area contributed by atoms with Crippen molar-refractivity contribution in [2.24, 2.45) is 0 Å². The Morgan fingerprint density at radius 1 is 1.03 bits per heavy atom. The molecule has 5 nitrogen and oxygen atoms in total. The van der Waals surface area contributed by atoms with Gasteiger partial charge < -0.3 is 9.84 Å². The second kappa shape index (κ2) is 8.75. The number of hydrogen-bond donors (Lipinski definition) is 1. The molecule has 0 amide bonds. The highest BCUT2D eigenvalue weighted by atomic mass is 32.1. The normalized spacial score (nSPS) is 14.3. The van der Waals surface area contributed by atoms with Gasteiger partial charge in [0.25, 0.3) is 5.56 Å². The van der Waals surface area contributed by atoms with Gasteiger partial charge in [-0.3, -0.25) is 9.36 Å². The van der Waals surface area contributed by atoms with Gasteiger partial charge in [-0.15, -0.1) is 11.3 Å². The number of hydrogen-bond acceptors (Lipinski definition) is 5. The third-order valence-corrected chi connectivity index (χ3v) is 6.96. The number of nitrogens with zero attached hydrogens (tertiary/aromatic N) is 2. The summed E-state index contributed by atoms with van der Waals surface area (Å²) >= 11 is 1.63. The molecule has 0 unspecified atom stereocenters. The van der Waals surface area contributed by atoms with E-state index >= 15 is 0 Å². The third-order valence-electron chi connectivity index (χ3n) is 5.76. The van der Waals surface area contributed by atoms with E-state index in [2.05, 4.69) is 4.98 Å². The Kier molecular flexibility index (Phi) is 5.68. The number of thiophene rings is 1. The lowest BCUT2D eigenvalue weighted by Crippen LogP contribution is -2.30. The molecule has 0 radical (unpaired) electrons. The van der Waals surface area contributed by atoms with E-state index in [1.54, 1.807) is 17.7 Å². The molecule has 2 aromatic heterocycles. The standard InChI is InChI=1S/C25H24N2O3S/c28-19(14-27-16-26-24-22(25(27)29)20-12-7-13-21(20)31-24)15-30-23(17-8-3-1-4-9-17)18-10-5-2-6-11-18/h1-6,8-11,16,19,23,28H,7,12-15H2/t19-/m0/s1. The third kappa shape index (κ3) is 4.06. The smallest absolute Gasteiger partial charge is 0.262 e. The summed E-state index contributed by atoms with van der Waals surface area (Å²) in [4.78, 5) is 19.6. The van der Waals surface area contributed by atoms with Gasteiger partial charge in [0.2, 0.25) is 0 Å². The summed E-state index contributed by atoms with van der Waals surface area (Å²) in [6.45, 7) is 0.267. The Bertz CT molecular complexity index is 1190. The predicted octanol–water partition coefficient (Wildman–Crippen LogP) is 4.11. The molecule has 2 aromatic carbocycles. The van der Waals surface area contributed by atoms with Gasteiger partial charge in [-0.25, -0.2) is 4.98 Å². The molecule has 1 atom stereocenters. The van der Waals surface area contributed by atoms with Gasteiger partial charge in [-0.05, 0) is 36.0 Å². The fourth-order valence-corrected chi connectivity index (χ4v) is 5.50. The summed E-state index contributed by atoms with van der Waals surface area (Å²) < 4.78 is 7.67. The van der Waals surface area contributed by atoms with Crippen molar-refractivity contribution in [2.45, 2.75) is 38.0 Å². The fraction of sp³-hybridized carbons (Fsp3) is 0.280. The first-order chi connectivity index (χ1) is 15.2. The van der Waals surface area contributed by atoms with Crippen LogP contribution >= 0.6 is 11.3 Å². The van der Waals surface area contributed by atoms with Crippen molar-refractivity contribution in [3.8, 4) is 0 Å². The van der Waals surface area contributed by atoms with E-state index < -0.39 is 6.10 Å². The Labute approximate surface area is 184 Å². The molecule has 5 rings (SSSR count). The molecular weight excluding hydrogens is 408 g/mol. The lowest BCUT2D eigenvalue weighted by molar-refractivity contribution is -0.000984. The summed E-state index contributed by atoms with van der Waals surface area (Å²) in [6.07, 6.45) is 3.52. The van der Waals surface area contributed by atoms with Crippen LogP contribution < -0.4 is 5.56 Å². The maximum absolute atomic E-state index is 13.0. The fourth-order valence-electron chi connectivity index (χ4n) is 4.28. The Morgan fingerprint density at radius 3 is 2.39 bits per heavy atom. The van der Waals surface area contributed by atoms with Crippen LogP contribution in [0.3, 0.4) is 0 Å². The lowest BCUT2D eigenvalue weighted by Gasteiger charge is -2.21. The van der Waals surface area contributed by atoms with Crippen molar-refractivity contribution in [1.82, 2.24) is 9.55 Å². The van der Waals surface area contributed by atoms with E-state index in [1.807, 2.05) is 60.7 Å². The molecule has 1 N–H and O–H groups in total. The summed E-state index contributed by atoms with van der Waals surface area (Å²) in [5.74, 6) is 0. The van der Waals surface area contributed by atoms with Crippen molar-refractivity contribution in [3.63, 3.8) is 0 Å². The average Bonchev–Trinajstić information content (AvgIpc) is 3.39. The number of benzene rings is 2. The summed E-state index contributed by atoms with van der Waals surface area (Å²) in [6, 6.07) is 19.9. The molecule has 6 heteroatoms. The highest BCUT2D eigenvalue weighted by Crippen LogP contribution is 2.34. The van der Waals surface area contributed by atoms with Crippen LogP contribution in [-0.2, 0) is 24.1 Å². The van der Waals surface area contributed by atoms with Crippen molar-refractivity contribution < 1.29 is 9.84 Å². The minimum atomic E-state index is -0.821. The number of ether oxygens (including phenoxy) is 1. The number of fused-ring (bicyclic) bond motifs is 3. The molecule has 0 saturated heterocycles. The molecule has 4 aromatic rings. The first-order valence-corrected chi connectivity index (χ1v) is 11.4. The molecule has 2 heterocycles. The summed E-state index contributed by atoms with van der Waals surface area (Å²) in [5, 5.41) is 11.4. The Morgan fingerprint density at radius 2 is 1.71 bits per heavy atom. The van der Waals surface area contributed by atoms with Gasteiger partial charge in [0.1, 0.15) is 10.9 Å². The average molecular weight is 433 g/mol. The van der Waals surface area contributed by atoms with Crippen molar-refractivity contribution >= 4 is 21.6 Å². The van der Waals surface area contributed by atoms with E-state index in [-0.39, 0.29) is 24.8 Å². The number of aliphatic hydroxyl groups excluding tert-OH is 1. The zero-order valence-electron chi connectivity index (χ0n) is 17.1. The van der Waals surface area contributed by atoms with Crippen LogP contribution in [0.2, 0.25) is 0 Å². The maximum atomic E-state index is 13.0. The Balaban J connectivity index is 1.33. The minimum Gasteiger partial charge on any atom is -0.389 e. The minimum absolute atomic E-state index is 0.0638. The largest absolute Gasteiger partial charge is 0.389 e. The van der Waals surface area contributed by atoms with Crippen LogP contribution in [0, 0.1) is 0 Å². The SMILES string of the molecule is O=c1c2c3c(sc2ncn1C[C@H](O)COC(c1ccccc1)c1ccccc1)CCC3. The molecule has 158 valence electrons. The Hall–Kier alpha value is -2.80. The van der Waals surface area contributed by atoms with Crippen LogP contribution in [-0.4, -0.2) is 27.4 Å². The van der Waals surface area contributed by atoms with Gasteiger partial charge in [-0.2, -0.15) is 0 Å². The van der Waals surface area contributed by atoms with Crippen LogP contribution in [0.5, 0.6) is 0 Å². The van der Waals surface area contributed by atoms with Gasteiger partial charge in [0.15, 0.2) is 0 Å². The van der Waals surface area contributed by atoms with Crippen molar-refractivity contribution in [3.05, 3.63) is 98.9 Å².